The molecule has 2 atom stereocenters. The van der Waals surface area contributed by atoms with Gasteiger partial charge in [0.1, 0.15) is 23.7 Å². The van der Waals surface area contributed by atoms with Gasteiger partial charge in [-0.15, -0.1) is 11.3 Å². The van der Waals surface area contributed by atoms with E-state index in [1.165, 1.54) is 42.3 Å². The smallest absolute Gasteiger partial charge is 0.330 e. The SMILES string of the molecule is CN(C)C(=O)[C@@H]1CCCN1S(=O)(=O)NC(=O)N[C@@H](Cc1cc(F)cc(F)c1)C(=O)N(C)c1ccc2scnc2c1. The van der Waals surface area contributed by atoms with Crippen LogP contribution in [0.5, 0.6) is 0 Å². The first-order valence-electron chi connectivity index (χ1n) is 12.2. The van der Waals surface area contributed by atoms with E-state index in [1.807, 2.05) is 4.72 Å². The fraction of sp³-hybridized carbons (Fsp3) is 0.360. The first-order chi connectivity index (χ1) is 18.9. The molecular weight excluding hydrogens is 566 g/mol. The molecule has 2 heterocycles. The molecule has 214 valence electrons. The lowest BCUT2D eigenvalue weighted by Crippen LogP contribution is -2.56. The molecule has 0 spiro atoms. The van der Waals surface area contributed by atoms with E-state index in [2.05, 4.69) is 10.3 Å². The normalized spacial score (nSPS) is 16.5. The van der Waals surface area contributed by atoms with Gasteiger partial charge in [0, 0.05) is 45.9 Å². The number of nitrogens with zero attached hydrogens (tertiary/aromatic N) is 4. The molecule has 3 aromatic rings. The van der Waals surface area contributed by atoms with Crippen molar-refractivity contribution in [1.29, 1.82) is 0 Å². The van der Waals surface area contributed by atoms with Crippen LogP contribution in [0.4, 0.5) is 19.3 Å². The topological polar surface area (TPSA) is 132 Å². The van der Waals surface area contributed by atoms with E-state index in [9.17, 15) is 31.6 Å². The standard InChI is InChI=1S/C25H28F2N6O5S2/c1-31(2)24(35)21-5-4-8-33(21)40(37,38)30-25(36)29-20(11-15-9-16(26)12-17(27)10-15)23(34)32(3)18-6-7-22-19(13-18)28-14-39-22/h6-7,9-10,12-14,20-21H,4-5,8,11H2,1-3H3,(H2,29,30,36)/t20-,21-/m0/s1. The van der Waals surface area contributed by atoms with E-state index >= 15 is 0 Å². The van der Waals surface area contributed by atoms with Crippen LogP contribution in [0.1, 0.15) is 18.4 Å². The summed E-state index contributed by atoms with van der Waals surface area (Å²) < 4.78 is 57.5. The predicted octanol–water partition coefficient (Wildman–Crippen LogP) is 2.25. The molecule has 1 aromatic heterocycles. The summed E-state index contributed by atoms with van der Waals surface area (Å²) in [5.74, 6) is -2.85. The average molecular weight is 595 g/mol. The number of carbonyl (C=O) groups is 3. The Kier molecular flexibility index (Phi) is 8.65. The van der Waals surface area contributed by atoms with Crippen LogP contribution < -0.4 is 14.9 Å². The van der Waals surface area contributed by atoms with E-state index in [0.717, 1.165) is 21.1 Å². The predicted molar refractivity (Wildman–Crippen MR) is 146 cm³/mol. The molecule has 0 aliphatic carbocycles. The lowest BCUT2D eigenvalue weighted by atomic mass is 10.0. The number of fused-ring (bicyclic) bond motifs is 1. The van der Waals surface area contributed by atoms with Crippen LogP contribution in [0.15, 0.2) is 41.9 Å². The molecule has 1 fully saturated rings. The maximum atomic E-state index is 13.9. The summed E-state index contributed by atoms with van der Waals surface area (Å²) in [5.41, 5.74) is 2.81. The van der Waals surface area contributed by atoms with Crippen molar-refractivity contribution in [1.82, 2.24) is 24.2 Å². The number of thiazole rings is 1. The monoisotopic (exact) mass is 594 g/mol. The van der Waals surface area contributed by atoms with Crippen molar-refractivity contribution in [3.05, 3.63) is 59.1 Å². The molecule has 4 rings (SSSR count). The number of halogens is 2. The van der Waals surface area contributed by atoms with Crippen molar-refractivity contribution in [3.63, 3.8) is 0 Å². The van der Waals surface area contributed by atoms with Gasteiger partial charge in [0.15, 0.2) is 0 Å². The summed E-state index contributed by atoms with van der Waals surface area (Å²) in [5, 5.41) is 2.33. The molecule has 0 bridgehead atoms. The molecule has 4 amide bonds. The Balaban J connectivity index is 1.56. The minimum Gasteiger partial charge on any atom is -0.347 e. The van der Waals surface area contributed by atoms with E-state index in [-0.39, 0.29) is 18.5 Å². The highest BCUT2D eigenvalue weighted by Crippen LogP contribution is 2.25. The number of likely N-dealkylation sites (N-methyl/N-ethyl adjacent to an activating group) is 2. The van der Waals surface area contributed by atoms with Crippen molar-refractivity contribution in [2.45, 2.75) is 31.3 Å². The third kappa shape index (κ3) is 6.54. The molecule has 15 heteroatoms. The second kappa shape index (κ2) is 11.8. The maximum absolute atomic E-state index is 13.9. The molecule has 1 aliphatic heterocycles. The number of nitrogens with one attached hydrogen (secondary N) is 2. The summed E-state index contributed by atoms with van der Waals surface area (Å²) in [6.07, 6.45) is 0.378. The highest BCUT2D eigenvalue weighted by Gasteiger charge is 2.40. The molecule has 0 radical (unpaired) electrons. The van der Waals surface area contributed by atoms with Crippen LogP contribution in [-0.4, -0.2) is 80.2 Å². The van der Waals surface area contributed by atoms with E-state index in [1.54, 1.807) is 23.7 Å². The lowest BCUT2D eigenvalue weighted by Gasteiger charge is -2.27. The molecule has 2 aromatic carbocycles. The fourth-order valence-electron chi connectivity index (χ4n) is 4.52. The quantitative estimate of drug-likeness (QED) is 0.411. The van der Waals surface area contributed by atoms with Gasteiger partial charge >= 0.3 is 16.2 Å². The molecule has 40 heavy (non-hydrogen) atoms. The molecule has 1 saturated heterocycles. The summed E-state index contributed by atoms with van der Waals surface area (Å²) in [4.78, 5) is 45.6. The lowest BCUT2D eigenvalue weighted by molar-refractivity contribution is -0.132. The van der Waals surface area contributed by atoms with Crippen LogP contribution in [0.2, 0.25) is 0 Å². The fourth-order valence-corrected chi connectivity index (χ4v) is 6.49. The Morgan fingerprint density at radius 2 is 1.82 bits per heavy atom. The Morgan fingerprint density at radius 3 is 2.50 bits per heavy atom. The van der Waals surface area contributed by atoms with Crippen LogP contribution in [0, 0.1) is 11.6 Å². The molecule has 1 aliphatic rings. The van der Waals surface area contributed by atoms with Crippen LogP contribution in [0.3, 0.4) is 0 Å². The van der Waals surface area contributed by atoms with Crippen LogP contribution in [-0.2, 0) is 26.2 Å². The molecular formula is C25H28F2N6O5S2. The molecule has 0 saturated carbocycles. The number of hydrogen-bond donors (Lipinski definition) is 2. The molecule has 0 unspecified atom stereocenters. The first kappa shape index (κ1) is 29.3. The largest absolute Gasteiger partial charge is 0.347 e. The van der Waals surface area contributed by atoms with E-state index in [4.69, 9.17) is 0 Å². The van der Waals surface area contributed by atoms with Gasteiger partial charge in [-0.1, -0.05) is 0 Å². The van der Waals surface area contributed by atoms with E-state index in [0.29, 0.717) is 30.1 Å². The van der Waals surface area contributed by atoms with Gasteiger partial charge in [-0.3, -0.25) is 9.59 Å². The number of anilines is 1. The highest BCUT2D eigenvalue weighted by atomic mass is 32.2. The number of urea groups is 1. The summed E-state index contributed by atoms with van der Waals surface area (Å²) in [6.45, 7) is 0.0274. The van der Waals surface area contributed by atoms with Crippen LogP contribution >= 0.6 is 11.3 Å². The Morgan fingerprint density at radius 1 is 1.12 bits per heavy atom. The Hall–Kier alpha value is -3.69. The third-order valence-electron chi connectivity index (χ3n) is 6.46. The molecule has 2 N–H and O–H groups in total. The maximum Gasteiger partial charge on any atom is 0.330 e. The number of aromatic nitrogens is 1. The highest BCUT2D eigenvalue weighted by molar-refractivity contribution is 7.87. The number of hydrogen-bond acceptors (Lipinski definition) is 7. The minimum absolute atomic E-state index is 0.0274. The first-order valence-corrected chi connectivity index (χ1v) is 14.5. The van der Waals surface area contributed by atoms with Gasteiger partial charge in [0.2, 0.25) is 11.8 Å². The van der Waals surface area contributed by atoms with Gasteiger partial charge in [-0.2, -0.15) is 12.7 Å². The number of carbonyl (C=O) groups excluding carboxylic acids is 3. The summed E-state index contributed by atoms with van der Waals surface area (Å²) in [7, 11) is -0.0122. The van der Waals surface area contributed by atoms with Gasteiger partial charge < -0.3 is 15.1 Å². The number of rotatable bonds is 8. The van der Waals surface area contributed by atoms with Gasteiger partial charge in [-0.05, 0) is 48.7 Å². The van der Waals surface area contributed by atoms with E-state index < -0.39 is 51.8 Å². The minimum atomic E-state index is -4.46. The zero-order valence-corrected chi connectivity index (χ0v) is 23.6. The van der Waals surface area contributed by atoms with Crippen molar-refractivity contribution < 1.29 is 31.6 Å². The van der Waals surface area contributed by atoms with Crippen LogP contribution in [0.25, 0.3) is 10.2 Å². The zero-order valence-electron chi connectivity index (χ0n) is 21.9. The third-order valence-corrected chi connectivity index (χ3v) is 8.77. The van der Waals surface area contributed by atoms with Gasteiger partial charge in [-0.25, -0.2) is 23.3 Å². The van der Waals surface area contributed by atoms with Gasteiger partial charge in [0.25, 0.3) is 0 Å². The van der Waals surface area contributed by atoms with Crippen molar-refractivity contribution in [3.8, 4) is 0 Å². The zero-order chi connectivity index (χ0) is 29.2. The Labute approximate surface area is 233 Å². The van der Waals surface area contributed by atoms with Crippen molar-refractivity contribution >= 4 is 55.3 Å². The number of benzene rings is 2. The van der Waals surface area contributed by atoms with Crippen molar-refractivity contribution in [2.24, 2.45) is 0 Å². The van der Waals surface area contributed by atoms with Crippen molar-refractivity contribution in [2.75, 3.05) is 32.6 Å². The van der Waals surface area contributed by atoms with Gasteiger partial charge in [0.05, 0.1) is 15.7 Å². The second-order valence-electron chi connectivity index (χ2n) is 9.52. The average Bonchev–Trinajstić information content (AvgIpc) is 3.55. The Bertz CT molecular complexity index is 1530. The molecule has 11 nitrogen and oxygen atoms in total. The number of amides is 4. The summed E-state index contributed by atoms with van der Waals surface area (Å²) in [6, 6.07) is 4.21. The second-order valence-corrected chi connectivity index (χ2v) is 12.0. The summed E-state index contributed by atoms with van der Waals surface area (Å²) >= 11 is 1.42.